The number of hydrogen-bond donors (Lipinski definition) is 0. The molecule has 7 heteroatoms. The Morgan fingerprint density at radius 3 is 2.60 bits per heavy atom. The van der Waals surface area contributed by atoms with Gasteiger partial charge in [-0.2, -0.15) is 4.68 Å². The molecule has 0 amide bonds. The van der Waals surface area contributed by atoms with Crippen molar-refractivity contribution in [3.8, 4) is 5.69 Å². The molecule has 0 aliphatic heterocycles. The lowest BCUT2D eigenvalue weighted by Gasteiger charge is -2.08. The van der Waals surface area contributed by atoms with E-state index < -0.39 is 9.84 Å². The summed E-state index contributed by atoms with van der Waals surface area (Å²) in [5, 5.41) is 10.9. The molecule has 1 unspecified atom stereocenters. The van der Waals surface area contributed by atoms with Crippen LogP contribution in [0.1, 0.15) is 26.7 Å². The summed E-state index contributed by atoms with van der Waals surface area (Å²) in [6.07, 6.45) is 1.57. The topological polar surface area (TPSA) is 77.7 Å². The zero-order chi connectivity index (χ0) is 14.6. The number of para-hydroxylation sites is 1. The molecular weight excluding hydrogens is 276 g/mol. The van der Waals surface area contributed by atoms with Crippen LogP contribution in [-0.4, -0.2) is 34.4 Å². The van der Waals surface area contributed by atoms with Crippen LogP contribution in [0.3, 0.4) is 0 Å². The minimum absolute atomic E-state index is 0.0647. The first-order valence-corrected chi connectivity index (χ1v) is 8.26. The number of tetrazole rings is 1. The van der Waals surface area contributed by atoms with Crippen molar-refractivity contribution in [1.82, 2.24) is 20.2 Å². The van der Waals surface area contributed by atoms with Gasteiger partial charge in [0.05, 0.1) is 11.4 Å². The van der Waals surface area contributed by atoms with Crippen molar-refractivity contribution in [1.29, 1.82) is 0 Å². The first-order chi connectivity index (χ1) is 9.54. The minimum atomic E-state index is -3.47. The summed E-state index contributed by atoms with van der Waals surface area (Å²) >= 11 is 0. The third-order valence-corrected chi connectivity index (χ3v) is 4.88. The van der Waals surface area contributed by atoms with Crippen LogP contribution in [0.15, 0.2) is 35.5 Å². The van der Waals surface area contributed by atoms with Crippen LogP contribution >= 0.6 is 0 Å². The second-order valence-electron chi connectivity index (χ2n) is 4.83. The summed E-state index contributed by atoms with van der Waals surface area (Å²) in [5.41, 5.74) is 0.639. The van der Waals surface area contributed by atoms with Crippen LogP contribution in [0.2, 0.25) is 0 Å². The molecule has 0 saturated heterocycles. The standard InChI is InChI=1S/C13H18N4O2S/c1-3-11(2)9-10-20(18,19)13-14-15-16-17(13)12-7-5-4-6-8-12/h4-8,11H,3,9-10H2,1-2H3. The van der Waals surface area contributed by atoms with Gasteiger partial charge in [-0.3, -0.25) is 0 Å². The Labute approximate surface area is 118 Å². The lowest BCUT2D eigenvalue weighted by atomic mass is 10.1. The number of benzene rings is 1. The molecule has 1 atom stereocenters. The van der Waals surface area contributed by atoms with Crippen LogP contribution in [0.4, 0.5) is 0 Å². The Kier molecular flexibility index (Phi) is 4.49. The molecular formula is C13H18N4O2S. The largest absolute Gasteiger partial charge is 0.272 e. The van der Waals surface area contributed by atoms with Crippen molar-refractivity contribution in [2.45, 2.75) is 31.8 Å². The van der Waals surface area contributed by atoms with Crippen LogP contribution in [0, 0.1) is 5.92 Å². The molecule has 6 nitrogen and oxygen atoms in total. The van der Waals surface area contributed by atoms with Gasteiger partial charge in [0.2, 0.25) is 9.84 Å². The van der Waals surface area contributed by atoms with Gasteiger partial charge in [0, 0.05) is 0 Å². The third-order valence-electron chi connectivity index (χ3n) is 3.30. The van der Waals surface area contributed by atoms with Gasteiger partial charge in [-0.05, 0) is 34.9 Å². The van der Waals surface area contributed by atoms with Crippen LogP contribution < -0.4 is 0 Å². The van der Waals surface area contributed by atoms with E-state index in [0.717, 1.165) is 6.42 Å². The fourth-order valence-corrected chi connectivity index (χ4v) is 3.22. The smallest absolute Gasteiger partial charge is 0.220 e. The molecule has 1 aromatic carbocycles. The summed E-state index contributed by atoms with van der Waals surface area (Å²) in [7, 11) is -3.47. The average molecular weight is 294 g/mol. The molecule has 0 radical (unpaired) electrons. The number of nitrogens with zero attached hydrogens (tertiary/aromatic N) is 4. The highest BCUT2D eigenvalue weighted by molar-refractivity contribution is 7.91. The summed E-state index contributed by atoms with van der Waals surface area (Å²) < 4.78 is 26.0. The van der Waals surface area contributed by atoms with Crippen molar-refractivity contribution < 1.29 is 8.42 Å². The Bertz CT molecular complexity index is 652. The maximum absolute atomic E-state index is 12.3. The SMILES string of the molecule is CCC(C)CCS(=O)(=O)c1nnnn1-c1ccccc1. The van der Waals surface area contributed by atoms with Crippen molar-refractivity contribution in [2.24, 2.45) is 5.92 Å². The van der Waals surface area contributed by atoms with Gasteiger partial charge in [0.15, 0.2) is 0 Å². The summed E-state index contributed by atoms with van der Waals surface area (Å²) in [6.45, 7) is 4.08. The predicted molar refractivity (Wildman–Crippen MR) is 75.3 cm³/mol. The van der Waals surface area contributed by atoms with E-state index in [1.165, 1.54) is 4.68 Å². The van der Waals surface area contributed by atoms with Crippen LogP contribution in [0.25, 0.3) is 5.69 Å². The lowest BCUT2D eigenvalue weighted by Crippen LogP contribution is -2.15. The highest BCUT2D eigenvalue weighted by atomic mass is 32.2. The van der Waals surface area contributed by atoms with E-state index in [0.29, 0.717) is 18.0 Å². The normalized spacial score (nSPS) is 13.3. The van der Waals surface area contributed by atoms with Gasteiger partial charge in [0.25, 0.3) is 5.16 Å². The van der Waals surface area contributed by atoms with E-state index in [-0.39, 0.29) is 10.9 Å². The molecule has 0 spiro atoms. The number of aromatic nitrogens is 4. The second-order valence-corrected chi connectivity index (χ2v) is 6.83. The third kappa shape index (κ3) is 3.22. The maximum atomic E-state index is 12.3. The van der Waals surface area contributed by atoms with E-state index in [1.807, 2.05) is 32.0 Å². The maximum Gasteiger partial charge on any atom is 0.272 e. The number of sulfone groups is 1. The monoisotopic (exact) mass is 294 g/mol. The molecule has 0 fully saturated rings. The Balaban J connectivity index is 2.28. The Hall–Kier alpha value is -1.76. The molecule has 0 bridgehead atoms. The van der Waals surface area contributed by atoms with E-state index in [9.17, 15) is 8.42 Å². The van der Waals surface area contributed by atoms with Gasteiger partial charge in [0.1, 0.15) is 0 Å². The van der Waals surface area contributed by atoms with Gasteiger partial charge < -0.3 is 0 Å². The van der Waals surface area contributed by atoms with Crippen molar-refractivity contribution in [3.05, 3.63) is 30.3 Å². The molecule has 0 saturated carbocycles. The molecule has 108 valence electrons. The highest BCUT2D eigenvalue weighted by Crippen LogP contribution is 2.16. The highest BCUT2D eigenvalue weighted by Gasteiger charge is 2.24. The van der Waals surface area contributed by atoms with Gasteiger partial charge in [-0.1, -0.05) is 43.6 Å². The van der Waals surface area contributed by atoms with Crippen LogP contribution in [0.5, 0.6) is 0 Å². The average Bonchev–Trinajstić information content (AvgIpc) is 2.96. The molecule has 1 heterocycles. The minimum Gasteiger partial charge on any atom is -0.220 e. The van der Waals surface area contributed by atoms with E-state index >= 15 is 0 Å². The quantitative estimate of drug-likeness (QED) is 0.812. The molecule has 0 aliphatic rings. The molecule has 1 aromatic heterocycles. The van der Waals surface area contributed by atoms with Crippen molar-refractivity contribution in [3.63, 3.8) is 0 Å². The molecule has 2 rings (SSSR count). The van der Waals surface area contributed by atoms with E-state index in [4.69, 9.17) is 0 Å². The first-order valence-electron chi connectivity index (χ1n) is 6.61. The van der Waals surface area contributed by atoms with Crippen molar-refractivity contribution >= 4 is 9.84 Å². The van der Waals surface area contributed by atoms with E-state index in [1.54, 1.807) is 12.1 Å². The Morgan fingerprint density at radius 2 is 1.95 bits per heavy atom. The first kappa shape index (κ1) is 14.6. The van der Waals surface area contributed by atoms with Gasteiger partial charge in [-0.25, -0.2) is 8.42 Å². The fourth-order valence-electron chi connectivity index (χ4n) is 1.76. The molecule has 0 N–H and O–H groups in total. The fraction of sp³-hybridized carbons (Fsp3) is 0.462. The van der Waals surface area contributed by atoms with Crippen molar-refractivity contribution in [2.75, 3.05) is 5.75 Å². The lowest BCUT2D eigenvalue weighted by molar-refractivity contribution is 0.527. The predicted octanol–water partition coefficient (Wildman–Crippen LogP) is 1.87. The number of hydrogen-bond acceptors (Lipinski definition) is 5. The molecule has 0 aliphatic carbocycles. The zero-order valence-electron chi connectivity index (χ0n) is 11.6. The number of rotatable bonds is 6. The zero-order valence-corrected chi connectivity index (χ0v) is 12.4. The summed E-state index contributed by atoms with van der Waals surface area (Å²) in [4.78, 5) is 0. The summed E-state index contributed by atoms with van der Waals surface area (Å²) in [6, 6.07) is 9.01. The summed E-state index contributed by atoms with van der Waals surface area (Å²) in [5.74, 6) is 0.431. The molecule has 20 heavy (non-hydrogen) atoms. The Morgan fingerprint density at radius 1 is 1.25 bits per heavy atom. The van der Waals surface area contributed by atoms with Crippen LogP contribution in [-0.2, 0) is 9.84 Å². The molecule has 2 aromatic rings. The van der Waals surface area contributed by atoms with Gasteiger partial charge in [-0.15, -0.1) is 0 Å². The van der Waals surface area contributed by atoms with E-state index in [2.05, 4.69) is 15.5 Å². The second kappa shape index (κ2) is 6.13. The van der Waals surface area contributed by atoms with Gasteiger partial charge >= 0.3 is 0 Å².